The third-order valence-corrected chi connectivity index (χ3v) is 1.78. The van der Waals surface area contributed by atoms with E-state index in [2.05, 4.69) is 4.98 Å². The Bertz CT molecular complexity index is 320. The van der Waals surface area contributed by atoms with Crippen molar-refractivity contribution in [1.82, 2.24) is 9.55 Å². The largest absolute Gasteiger partial charge is 0.370 e. The Hall–Kier alpha value is -1.69. The van der Waals surface area contributed by atoms with Crippen molar-refractivity contribution in [3.05, 3.63) is 18.7 Å². The van der Waals surface area contributed by atoms with E-state index < -0.39 is 11.9 Å². The van der Waals surface area contributed by atoms with Gasteiger partial charge in [-0.15, -0.1) is 0 Å². The van der Waals surface area contributed by atoms with E-state index in [0.717, 1.165) is 0 Å². The third-order valence-electron chi connectivity index (χ3n) is 1.78. The number of primary amides is 1. The van der Waals surface area contributed by atoms with Crippen LogP contribution in [0, 0.1) is 0 Å². The molecule has 0 aliphatic rings. The van der Waals surface area contributed by atoms with Crippen molar-refractivity contribution in [3.8, 4) is 0 Å². The molecule has 0 aliphatic carbocycles. The number of nitrogens with zero attached hydrogens (tertiary/aromatic N) is 2. The van der Waals surface area contributed by atoms with Gasteiger partial charge in [-0.05, 0) is 6.42 Å². The summed E-state index contributed by atoms with van der Waals surface area (Å²) in [5.41, 5.74) is 10.5. The Balaban J connectivity index is 2.49. The van der Waals surface area contributed by atoms with E-state index in [-0.39, 0.29) is 18.7 Å². The number of rotatable bonds is 4. The van der Waals surface area contributed by atoms with E-state index >= 15 is 0 Å². The summed E-state index contributed by atoms with van der Waals surface area (Å²) in [4.78, 5) is 25.6. The fraction of sp³-hybridized carbons (Fsp3) is 0.375. The molecular formula is C8H12N4O2. The molecule has 6 heteroatoms. The average Bonchev–Trinajstić information content (AvgIpc) is 2.65. The maximum absolute atomic E-state index is 11.5. The second kappa shape index (κ2) is 4.52. The monoisotopic (exact) mass is 196 g/mol. The van der Waals surface area contributed by atoms with E-state index in [9.17, 15) is 9.59 Å². The molecule has 0 fully saturated rings. The van der Waals surface area contributed by atoms with Crippen LogP contribution in [0.2, 0.25) is 0 Å². The summed E-state index contributed by atoms with van der Waals surface area (Å²) in [7, 11) is 0. The standard InChI is InChI=1S/C8H12N4O2/c9-6(1-2-7(10)13)8(14)12-4-3-11-5-12/h3-6H,1-2,9H2,(H2,10,13)/t6-/m0/s1. The molecule has 1 heterocycles. The van der Waals surface area contributed by atoms with Crippen LogP contribution in [0.15, 0.2) is 18.7 Å². The van der Waals surface area contributed by atoms with Gasteiger partial charge in [-0.1, -0.05) is 0 Å². The van der Waals surface area contributed by atoms with Crippen LogP contribution in [-0.4, -0.2) is 27.4 Å². The van der Waals surface area contributed by atoms with Crippen LogP contribution in [0.4, 0.5) is 0 Å². The minimum atomic E-state index is -0.711. The first-order valence-corrected chi connectivity index (χ1v) is 4.17. The van der Waals surface area contributed by atoms with Crippen molar-refractivity contribution in [1.29, 1.82) is 0 Å². The minimum Gasteiger partial charge on any atom is -0.370 e. The van der Waals surface area contributed by atoms with Gasteiger partial charge >= 0.3 is 0 Å². The van der Waals surface area contributed by atoms with Gasteiger partial charge in [-0.25, -0.2) is 4.98 Å². The molecule has 0 aromatic carbocycles. The predicted octanol–water partition coefficient (Wildman–Crippen LogP) is -0.884. The maximum Gasteiger partial charge on any atom is 0.248 e. The Morgan fingerprint density at radius 1 is 1.50 bits per heavy atom. The summed E-state index contributed by atoms with van der Waals surface area (Å²) in [5.74, 6) is -0.748. The number of imidazole rings is 1. The molecule has 1 amide bonds. The number of hydrogen-bond donors (Lipinski definition) is 2. The first-order valence-electron chi connectivity index (χ1n) is 4.17. The van der Waals surface area contributed by atoms with Gasteiger partial charge in [0, 0.05) is 18.8 Å². The molecule has 0 bridgehead atoms. The lowest BCUT2D eigenvalue weighted by atomic mass is 10.1. The summed E-state index contributed by atoms with van der Waals surface area (Å²) in [6.07, 6.45) is 4.73. The Kier molecular flexibility index (Phi) is 3.35. The zero-order chi connectivity index (χ0) is 10.6. The number of hydrogen-bond acceptors (Lipinski definition) is 4. The summed E-state index contributed by atoms with van der Waals surface area (Å²) in [6.45, 7) is 0. The number of carbonyl (C=O) groups excluding carboxylic acids is 2. The SMILES string of the molecule is NC(=O)CC[C@H](N)C(=O)n1ccnc1. The molecule has 1 rings (SSSR count). The highest BCUT2D eigenvalue weighted by Crippen LogP contribution is 1.98. The second-order valence-corrected chi connectivity index (χ2v) is 2.92. The van der Waals surface area contributed by atoms with Crippen LogP contribution >= 0.6 is 0 Å². The van der Waals surface area contributed by atoms with Gasteiger partial charge in [0.15, 0.2) is 0 Å². The molecule has 4 N–H and O–H groups in total. The van der Waals surface area contributed by atoms with Crippen molar-refractivity contribution in [2.45, 2.75) is 18.9 Å². The first kappa shape index (κ1) is 10.4. The molecule has 76 valence electrons. The van der Waals surface area contributed by atoms with Crippen molar-refractivity contribution >= 4 is 11.8 Å². The van der Waals surface area contributed by atoms with Crippen molar-refractivity contribution in [2.24, 2.45) is 11.5 Å². The van der Waals surface area contributed by atoms with E-state index in [1.165, 1.54) is 23.3 Å². The van der Waals surface area contributed by atoms with E-state index in [1.54, 1.807) is 0 Å². The average molecular weight is 196 g/mol. The molecule has 1 atom stereocenters. The molecule has 0 unspecified atom stereocenters. The van der Waals surface area contributed by atoms with Gasteiger partial charge in [0.05, 0.1) is 6.04 Å². The number of aromatic nitrogens is 2. The second-order valence-electron chi connectivity index (χ2n) is 2.92. The molecular weight excluding hydrogens is 184 g/mol. The topological polar surface area (TPSA) is 104 Å². The Morgan fingerprint density at radius 3 is 2.71 bits per heavy atom. The smallest absolute Gasteiger partial charge is 0.248 e. The van der Waals surface area contributed by atoms with Crippen molar-refractivity contribution < 1.29 is 9.59 Å². The molecule has 0 radical (unpaired) electrons. The van der Waals surface area contributed by atoms with Crippen molar-refractivity contribution in [3.63, 3.8) is 0 Å². The predicted molar refractivity (Wildman–Crippen MR) is 49.3 cm³/mol. The number of nitrogens with two attached hydrogens (primary N) is 2. The van der Waals surface area contributed by atoms with Crippen LogP contribution in [0.1, 0.15) is 17.6 Å². The Morgan fingerprint density at radius 2 is 2.21 bits per heavy atom. The van der Waals surface area contributed by atoms with Gasteiger partial charge in [0.2, 0.25) is 11.8 Å². The number of amides is 1. The van der Waals surface area contributed by atoms with Gasteiger partial charge < -0.3 is 11.5 Å². The lowest BCUT2D eigenvalue weighted by molar-refractivity contribution is -0.118. The lowest BCUT2D eigenvalue weighted by Gasteiger charge is -2.08. The summed E-state index contributed by atoms with van der Waals surface area (Å²) in [6, 6.07) is -0.711. The summed E-state index contributed by atoms with van der Waals surface area (Å²) >= 11 is 0. The minimum absolute atomic E-state index is 0.113. The number of carbonyl (C=O) groups is 2. The first-order chi connectivity index (χ1) is 6.61. The molecule has 0 aliphatic heterocycles. The zero-order valence-corrected chi connectivity index (χ0v) is 7.59. The fourth-order valence-electron chi connectivity index (χ4n) is 1.00. The molecule has 14 heavy (non-hydrogen) atoms. The molecule has 1 aromatic rings. The van der Waals surface area contributed by atoms with Crippen molar-refractivity contribution in [2.75, 3.05) is 0 Å². The maximum atomic E-state index is 11.5. The van der Waals surface area contributed by atoms with Crippen LogP contribution < -0.4 is 11.5 Å². The van der Waals surface area contributed by atoms with Gasteiger partial charge in [-0.3, -0.25) is 14.2 Å². The quantitative estimate of drug-likeness (QED) is 0.652. The highest BCUT2D eigenvalue weighted by molar-refractivity contribution is 5.84. The van der Waals surface area contributed by atoms with E-state index in [4.69, 9.17) is 11.5 Å². The highest BCUT2D eigenvalue weighted by Gasteiger charge is 2.15. The molecule has 0 saturated heterocycles. The molecule has 0 saturated carbocycles. The van der Waals surface area contributed by atoms with Gasteiger partial charge in [0.25, 0.3) is 0 Å². The summed E-state index contributed by atoms with van der Waals surface area (Å²) < 4.78 is 1.28. The zero-order valence-electron chi connectivity index (χ0n) is 7.59. The summed E-state index contributed by atoms with van der Waals surface area (Å²) in [5, 5.41) is 0. The van der Waals surface area contributed by atoms with Crippen LogP contribution in [0.25, 0.3) is 0 Å². The van der Waals surface area contributed by atoms with Crippen LogP contribution in [0.5, 0.6) is 0 Å². The van der Waals surface area contributed by atoms with Gasteiger partial charge in [0.1, 0.15) is 6.33 Å². The molecule has 1 aromatic heterocycles. The molecule has 0 spiro atoms. The van der Waals surface area contributed by atoms with Crippen LogP contribution in [0.3, 0.4) is 0 Å². The van der Waals surface area contributed by atoms with E-state index in [1.807, 2.05) is 0 Å². The fourth-order valence-corrected chi connectivity index (χ4v) is 1.00. The normalized spacial score (nSPS) is 12.4. The highest BCUT2D eigenvalue weighted by atomic mass is 16.2. The van der Waals surface area contributed by atoms with E-state index in [0.29, 0.717) is 0 Å². The van der Waals surface area contributed by atoms with Crippen LogP contribution in [-0.2, 0) is 4.79 Å². The Labute approximate surface area is 80.9 Å². The van der Waals surface area contributed by atoms with Gasteiger partial charge in [-0.2, -0.15) is 0 Å². The molecule has 6 nitrogen and oxygen atoms in total. The lowest BCUT2D eigenvalue weighted by Crippen LogP contribution is -2.35. The third kappa shape index (κ3) is 2.67.